The molecule has 1 unspecified atom stereocenters. The monoisotopic (exact) mass is 147 g/mol. The quantitative estimate of drug-likeness (QED) is 0.445. The summed E-state index contributed by atoms with van der Waals surface area (Å²) in [6.07, 6.45) is 1.99. The van der Waals surface area contributed by atoms with E-state index in [-0.39, 0.29) is 6.29 Å². The molecule has 0 radical (unpaired) electrons. The molecule has 2 N–H and O–H groups in total. The Morgan fingerprint density at radius 1 is 1.50 bits per heavy atom. The first kappa shape index (κ1) is 9.88. The molecule has 10 heavy (non-hydrogen) atoms. The highest BCUT2D eigenvalue weighted by molar-refractivity contribution is 4.42. The second kappa shape index (κ2) is 6.99. The Labute approximate surface area is 62.5 Å². The summed E-state index contributed by atoms with van der Waals surface area (Å²) in [6, 6.07) is 0. The van der Waals surface area contributed by atoms with E-state index < -0.39 is 0 Å². The third kappa shape index (κ3) is 4.73. The first-order valence-electron chi connectivity index (χ1n) is 3.69. The Hall–Kier alpha value is -0.120. The van der Waals surface area contributed by atoms with Crippen molar-refractivity contribution in [1.82, 2.24) is 0 Å². The van der Waals surface area contributed by atoms with Crippen molar-refractivity contribution in [3.05, 3.63) is 0 Å². The van der Waals surface area contributed by atoms with E-state index in [1.54, 1.807) is 7.11 Å². The summed E-state index contributed by atoms with van der Waals surface area (Å²) < 4.78 is 10.1. The predicted octanol–water partition coefficient (Wildman–Crippen LogP) is 0.734. The van der Waals surface area contributed by atoms with Gasteiger partial charge in [-0.15, -0.1) is 0 Å². The lowest BCUT2D eigenvalue weighted by atomic mass is 10.4. The van der Waals surface area contributed by atoms with Gasteiger partial charge in [0.15, 0.2) is 6.29 Å². The summed E-state index contributed by atoms with van der Waals surface area (Å²) in [6.45, 7) is 3.29. The number of ether oxygens (including phenoxy) is 2. The molecule has 0 saturated heterocycles. The SMILES string of the molecule is CCCCOC(CN)OC. The van der Waals surface area contributed by atoms with Gasteiger partial charge in [0.05, 0.1) is 0 Å². The Morgan fingerprint density at radius 2 is 2.20 bits per heavy atom. The van der Waals surface area contributed by atoms with E-state index in [1.165, 1.54) is 0 Å². The largest absolute Gasteiger partial charge is 0.355 e. The first-order chi connectivity index (χ1) is 4.85. The second-order valence-corrected chi connectivity index (χ2v) is 2.13. The number of rotatable bonds is 6. The standard InChI is InChI=1S/C7H17NO2/c1-3-4-5-10-7(6-8)9-2/h7H,3-6,8H2,1-2H3. The smallest absolute Gasteiger partial charge is 0.169 e. The number of unbranched alkanes of at least 4 members (excludes halogenated alkanes) is 1. The molecular weight excluding hydrogens is 130 g/mol. The van der Waals surface area contributed by atoms with Gasteiger partial charge in [0.1, 0.15) is 0 Å². The van der Waals surface area contributed by atoms with Gasteiger partial charge < -0.3 is 15.2 Å². The van der Waals surface area contributed by atoms with E-state index in [2.05, 4.69) is 6.92 Å². The van der Waals surface area contributed by atoms with E-state index in [9.17, 15) is 0 Å². The molecule has 0 aromatic carbocycles. The Morgan fingerprint density at radius 3 is 2.60 bits per heavy atom. The van der Waals surface area contributed by atoms with Crippen molar-refractivity contribution in [3.8, 4) is 0 Å². The molecule has 0 fully saturated rings. The van der Waals surface area contributed by atoms with E-state index in [4.69, 9.17) is 15.2 Å². The van der Waals surface area contributed by atoms with Crippen LogP contribution in [-0.4, -0.2) is 26.6 Å². The zero-order valence-electron chi connectivity index (χ0n) is 6.80. The molecule has 0 aliphatic heterocycles. The molecule has 0 aromatic heterocycles. The third-order valence-corrected chi connectivity index (χ3v) is 1.26. The van der Waals surface area contributed by atoms with Gasteiger partial charge >= 0.3 is 0 Å². The minimum absolute atomic E-state index is 0.216. The van der Waals surface area contributed by atoms with Gasteiger partial charge in [0.2, 0.25) is 0 Å². The summed E-state index contributed by atoms with van der Waals surface area (Å²) in [5.74, 6) is 0. The minimum atomic E-state index is -0.216. The predicted molar refractivity (Wildman–Crippen MR) is 40.7 cm³/mol. The first-order valence-corrected chi connectivity index (χ1v) is 3.69. The van der Waals surface area contributed by atoms with Gasteiger partial charge in [0, 0.05) is 20.3 Å². The Balaban J connectivity index is 3.09. The fourth-order valence-corrected chi connectivity index (χ4v) is 0.591. The van der Waals surface area contributed by atoms with E-state index in [1.807, 2.05) is 0 Å². The van der Waals surface area contributed by atoms with Crippen molar-refractivity contribution < 1.29 is 9.47 Å². The van der Waals surface area contributed by atoms with Crippen molar-refractivity contribution in [2.45, 2.75) is 26.1 Å². The molecule has 0 bridgehead atoms. The van der Waals surface area contributed by atoms with Gasteiger partial charge in [-0.25, -0.2) is 0 Å². The van der Waals surface area contributed by atoms with Crippen LogP contribution in [0.2, 0.25) is 0 Å². The van der Waals surface area contributed by atoms with Crippen LogP contribution in [0, 0.1) is 0 Å². The number of hydrogen-bond donors (Lipinski definition) is 1. The molecule has 0 aliphatic carbocycles. The van der Waals surface area contributed by atoms with Crippen molar-refractivity contribution >= 4 is 0 Å². The summed E-state index contributed by atoms with van der Waals surface area (Å²) in [5, 5.41) is 0. The molecular formula is C7H17NO2. The fraction of sp³-hybridized carbons (Fsp3) is 1.00. The lowest BCUT2D eigenvalue weighted by Gasteiger charge is -2.12. The van der Waals surface area contributed by atoms with Gasteiger partial charge in [-0.2, -0.15) is 0 Å². The Bertz CT molecular complexity index is 64.6. The molecule has 0 rings (SSSR count). The summed E-state index contributed by atoms with van der Waals surface area (Å²) in [4.78, 5) is 0. The molecule has 0 saturated carbocycles. The van der Waals surface area contributed by atoms with Crippen molar-refractivity contribution in [1.29, 1.82) is 0 Å². The Kier molecular flexibility index (Phi) is 6.91. The normalized spacial score (nSPS) is 13.5. The topological polar surface area (TPSA) is 44.5 Å². The van der Waals surface area contributed by atoms with Crippen LogP contribution in [0.3, 0.4) is 0 Å². The summed E-state index contributed by atoms with van der Waals surface area (Å²) in [7, 11) is 1.60. The maximum absolute atomic E-state index is 5.32. The van der Waals surface area contributed by atoms with Crippen LogP contribution < -0.4 is 5.73 Å². The fourth-order valence-electron chi connectivity index (χ4n) is 0.591. The van der Waals surface area contributed by atoms with Gasteiger partial charge in [-0.3, -0.25) is 0 Å². The molecule has 3 nitrogen and oxygen atoms in total. The van der Waals surface area contributed by atoms with Crippen molar-refractivity contribution in [2.24, 2.45) is 5.73 Å². The van der Waals surface area contributed by atoms with Gasteiger partial charge in [-0.1, -0.05) is 13.3 Å². The van der Waals surface area contributed by atoms with Crippen LogP contribution in [0.1, 0.15) is 19.8 Å². The highest BCUT2D eigenvalue weighted by Crippen LogP contribution is 1.93. The maximum Gasteiger partial charge on any atom is 0.169 e. The summed E-state index contributed by atoms with van der Waals surface area (Å²) >= 11 is 0. The summed E-state index contributed by atoms with van der Waals surface area (Å²) in [5.41, 5.74) is 5.32. The minimum Gasteiger partial charge on any atom is -0.355 e. The third-order valence-electron chi connectivity index (χ3n) is 1.26. The average molecular weight is 147 g/mol. The maximum atomic E-state index is 5.32. The molecule has 0 spiro atoms. The van der Waals surface area contributed by atoms with Crippen LogP contribution >= 0.6 is 0 Å². The van der Waals surface area contributed by atoms with Crippen LogP contribution in [0.25, 0.3) is 0 Å². The van der Waals surface area contributed by atoms with Crippen molar-refractivity contribution in [3.63, 3.8) is 0 Å². The molecule has 0 aromatic rings. The molecule has 62 valence electrons. The number of hydrogen-bond acceptors (Lipinski definition) is 3. The van der Waals surface area contributed by atoms with E-state index in [0.717, 1.165) is 19.4 Å². The second-order valence-electron chi connectivity index (χ2n) is 2.13. The van der Waals surface area contributed by atoms with Crippen LogP contribution in [0.5, 0.6) is 0 Å². The zero-order valence-corrected chi connectivity index (χ0v) is 6.80. The molecule has 0 aliphatic rings. The van der Waals surface area contributed by atoms with E-state index in [0.29, 0.717) is 6.54 Å². The molecule has 3 heteroatoms. The van der Waals surface area contributed by atoms with Crippen LogP contribution in [-0.2, 0) is 9.47 Å². The lowest BCUT2D eigenvalue weighted by molar-refractivity contribution is -0.117. The average Bonchev–Trinajstić information content (AvgIpc) is 1.99. The highest BCUT2D eigenvalue weighted by atomic mass is 16.7. The van der Waals surface area contributed by atoms with Gasteiger partial charge in [0.25, 0.3) is 0 Å². The van der Waals surface area contributed by atoms with Crippen molar-refractivity contribution in [2.75, 3.05) is 20.3 Å². The van der Waals surface area contributed by atoms with Crippen LogP contribution in [0.15, 0.2) is 0 Å². The zero-order chi connectivity index (χ0) is 7.82. The lowest BCUT2D eigenvalue weighted by Crippen LogP contribution is -2.25. The highest BCUT2D eigenvalue weighted by Gasteiger charge is 2.01. The molecule has 1 atom stereocenters. The molecule has 0 amide bonds. The van der Waals surface area contributed by atoms with Crippen LogP contribution in [0.4, 0.5) is 0 Å². The number of methoxy groups -OCH3 is 1. The van der Waals surface area contributed by atoms with Gasteiger partial charge in [-0.05, 0) is 6.42 Å². The number of nitrogens with two attached hydrogens (primary N) is 1. The molecule has 0 heterocycles. The van der Waals surface area contributed by atoms with E-state index >= 15 is 0 Å².